The fourth-order valence-electron chi connectivity index (χ4n) is 3.46. The number of nitrogens with one attached hydrogen (secondary N) is 2. The minimum Gasteiger partial charge on any atom is -0.347 e. The third kappa shape index (κ3) is 3.51. The molecule has 4 rings (SSSR count). The number of nitrogens with zero attached hydrogens (tertiary/aromatic N) is 5. The number of aromatic amines is 1. The van der Waals surface area contributed by atoms with Crippen LogP contribution in [0.1, 0.15) is 38.3 Å². The first-order chi connectivity index (χ1) is 13.5. The van der Waals surface area contributed by atoms with Gasteiger partial charge in [0, 0.05) is 31.9 Å². The molecule has 2 atom stereocenters. The molecule has 1 saturated heterocycles. The van der Waals surface area contributed by atoms with Gasteiger partial charge in [-0.2, -0.15) is 10.2 Å². The van der Waals surface area contributed by atoms with Crippen LogP contribution in [0, 0.1) is 6.92 Å². The quantitative estimate of drug-likeness (QED) is 0.700. The van der Waals surface area contributed by atoms with Gasteiger partial charge >= 0.3 is 0 Å². The number of carbonyl (C=O) groups is 2. The van der Waals surface area contributed by atoms with Crippen molar-refractivity contribution in [3.63, 3.8) is 0 Å². The monoisotopic (exact) mass is 379 g/mol. The average Bonchev–Trinajstić information content (AvgIpc) is 3.42. The minimum atomic E-state index is -0.288. The zero-order chi connectivity index (χ0) is 19.7. The van der Waals surface area contributed by atoms with Gasteiger partial charge in [-0.1, -0.05) is 18.2 Å². The Morgan fingerprint density at radius 2 is 1.96 bits per heavy atom. The molecule has 9 heteroatoms. The van der Waals surface area contributed by atoms with E-state index in [1.807, 2.05) is 25.1 Å². The highest BCUT2D eigenvalue weighted by atomic mass is 16.2. The molecule has 0 bridgehead atoms. The van der Waals surface area contributed by atoms with Crippen LogP contribution in [0.2, 0.25) is 0 Å². The lowest BCUT2D eigenvalue weighted by Crippen LogP contribution is -2.40. The maximum atomic E-state index is 12.9. The largest absolute Gasteiger partial charge is 0.347 e. The summed E-state index contributed by atoms with van der Waals surface area (Å²) in [4.78, 5) is 31.6. The first kappa shape index (κ1) is 17.9. The first-order valence-electron chi connectivity index (χ1n) is 9.04. The van der Waals surface area contributed by atoms with E-state index in [4.69, 9.17) is 0 Å². The number of benzene rings is 1. The van der Waals surface area contributed by atoms with Crippen molar-refractivity contribution >= 4 is 11.8 Å². The summed E-state index contributed by atoms with van der Waals surface area (Å²) in [6.07, 6.45) is 3.23. The van der Waals surface area contributed by atoms with Crippen LogP contribution in [0.25, 0.3) is 0 Å². The maximum Gasteiger partial charge on any atom is 0.257 e. The zero-order valence-electron chi connectivity index (χ0n) is 15.7. The van der Waals surface area contributed by atoms with Crippen molar-refractivity contribution in [2.24, 2.45) is 7.05 Å². The minimum absolute atomic E-state index is 0.123. The second kappa shape index (κ2) is 7.26. The van der Waals surface area contributed by atoms with Gasteiger partial charge in [-0.15, -0.1) is 0 Å². The normalized spacial score (nSPS) is 19.0. The molecule has 1 fully saturated rings. The molecule has 2 N–H and O–H groups in total. The van der Waals surface area contributed by atoms with Gasteiger partial charge in [-0.3, -0.25) is 19.4 Å². The summed E-state index contributed by atoms with van der Waals surface area (Å²) in [7, 11) is 1.77. The lowest BCUT2D eigenvalue weighted by atomic mass is 10.0. The van der Waals surface area contributed by atoms with Crippen LogP contribution in [0.4, 0.5) is 0 Å². The van der Waals surface area contributed by atoms with Crippen molar-refractivity contribution in [3.05, 3.63) is 65.5 Å². The Bertz CT molecular complexity index is 995. The highest BCUT2D eigenvalue weighted by molar-refractivity contribution is 5.95. The van der Waals surface area contributed by atoms with Crippen molar-refractivity contribution in [3.8, 4) is 0 Å². The number of H-pyrrole nitrogens is 1. The summed E-state index contributed by atoms with van der Waals surface area (Å²) in [6.45, 7) is 2.62. The molecule has 0 spiro atoms. The highest BCUT2D eigenvalue weighted by Gasteiger charge is 2.39. The van der Waals surface area contributed by atoms with E-state index in [-0.39, 0.29) is 23.8 Å². The molecule has 28 heavy (non-hydrogen) atoms. The molecule has 2 amide bonds. The summed E-state index contributed by atoms with van der Waals surface area (Å²) in [5.74, 6) is 0.788. The summed E-state index contributed by atoms with van der Waals surface area (Å²) in [6, 6.07) is 8.72. The van der Waals surface area contributed by atoms with Crippen LogP contribution in [-0.2, 0) is 7.05 Å². The van der Waals surface area contributed by atoms with Crippen LogP contribution in [0.3, 0.4) is 0 Å². The third-order valence-corrected chi connectivity index (χ3v) is 4.86. The van der Waals surface area contributed by atoms with E-state index in [0.717, 1.165) is 0 Å². The van der Waals surface area contributed by atoms with Gasteiger partial charge in [0.1, 0.15) is 5.82 Å². The van der Waals surface area contributed by atoms with E-state index >= 15 is 0 Å². The zero-order valence-corrected chi connectivity index (χ0v) is 15.7. The molecular formula is C19H21N7O2. The fraction of sp³-hybridized carbons (Fsp3) is 0.316. The lowest BCUT2D eigenvalue weighted by molar-refractivity contribution is 0.0782. The second-order valence-corrected chi connectivity index (χ2v) is 6.94. The molecule has 0 saturated carbocycles. The molecule has 9 nitrogen and oxygen atoms in total. The van der Waals surface area contributed by atoms with Crippen LogP contribution >= 0.6 is 0 Å². The number of rotatable bonds is 4. The molecule has 1 aliphatic heterocycles. The van der Waals surface area contributed by atoms with Crippen LogP contribution in [0.5, 0.6) is 0 Å². The number of aryl methyl sites for hydroxylation is 2. The summed E-state index contributed by atoms with van der Waals surface area (Å²) in [5, 5.41) is 14.2. The van der Waals surface area contributed by atoms with E-state index in [9.17, 15) is 9.59 Å². The average molecular weight is 379 g/mol. The number of hydrogen-bond acceptors (Lipinski definition) is 5. The Hall–Kier alpha value is -3.49. The van der Waals surface area contributed by atoms with E-state index < -0.39 is 0 Å². The Morgan fingerprint density at radius 1 is 1.18 bits per heavy atom. The smallest absolute Gasteiger partial charge is 0.257 e. The highest BCUT2D eigenvalue weighted by Crippen LogP contribution is 2.27. The van der Waals surface area contributed by atoms with E-state index in [0.29, 0.717) is 35.9 Å². The van der Waals surface area contributed by atoms with Gasteiger partial charge in [-0.25, -0.2) is 4.98 Å². The first-order valence-corrected chi connectivity index (χ1v) is 9.04. The number of likely N-dealkylation sites (tertiary alicyclic amines) is 1. The van der Waals surface area contributed by atoms with Crippen molar-refractivity contribution in [2.45, 2.75) is 18.9 Å². The van der Waals surface area contributed by atoms with Crippen molar-refractivity contribution in [1.82, 2.24) is 35.2 Å². The third-order valence-electron chi connectivity index (χ3n) is 4.86. The van der Waals surface area contributed by atoms with Gasteiger partial charge in [0.05, 0.1) is 23.7 Å². The maximum absolute atomic E-state index is 12.9. The second-order valence-electron chi connectivity index (χ2n) is 6.94. The Balaban J connectivity index is 1.56. The number of aromatic nitrogens is 5. The van der Waals surface area contributed by atoms with Crippen LogP contribution in [0.15, 0.2) is 42.7 Å². The molecule has 0 aliphatic carbocycles. The fourth-order valence-corrected chi connectivity index (χ4v) is 3.46. The summed E-state index contributed by atoms with van der Waals surface area (Å²) in [5.41, 5.74) is 1.09. The van der Waals surface area contributed by atoms with E-state index in [1.54, 1.807) is 41.2 Å². The predicted molar refractivity (Wildman–Crippen MR) is 101 cm³/mol. The Kier molecular flexibility index (Phi) is 4.64. The molecule has 0 unspecified atom stereocenters. The molecule has 3 aromatic rings. The predicted octanol–water partition coefficient (Wildman–Crippen LogP) is 0.885. The van der Waals surface area contributed by atoms with Gasteiger partial charge in [0.2, 0.25) is 0 Å². The molecule has 144 valence electrons. The van der Waals surface area contributed by atoms with Crippen LogP contribution in [-0.4, -0.2) is 60.8 Å². The van der Waals surface area contributed by atoms with Gasteiger partial charge in [0.25, 0.3) is 11.8 Å². The van der Waals surface area contributed by atoms with Gasteiger partial charge < -0.3 is 10.2 Å². The van der Waals surface area contributed by atoms with Gasteiger partial charge in [-0.05, 0) is 19.1 Å². The number of amides is 2. The number of carbonyl (C=O) groups excluding carboxylic acids is 2. The SMILES string of the molecule is Cc1nc([C@@H]2CN(C(=O)c3cnn(C)c3)C[C@H]2NC(=O)c2ccccc2)n[nH]1. The summed E-state index contributed by atoms with van der Waals surface area (Å²) >= 11 is 0. The lowest BCUT2D eigenvalue weighted by Gasteiger charge is -2.17. The standard InChI is InChI=1S/C19H21N7O2/c1-12-21-17(24-23-12)15-10-26(19(28)14-8-20-25(2)9-14)11-16(15)22-18(27)13-6-4-3-5-7-13/h3-9,15-16H,10-11H2,1-2H3,(H,22,27)(H,21,23,24)/t15-,16-/m1/s1. The molecule has 0 radical (unpaired) electrons. The molecule has 3 heterocycles. The molecule has 2 aromatic heterocycles. The van der Waals surface area contributed by atoms with E-state index in [2.05, 4.69) is 25.6 Å². The molecule has 1 aliphatic rings. The van der Waals surface area contributed by atoms with E-state index in [1.165, 1.54) is 0 Å². The van der Waals surface area contributed by atoms with Gasteiger partial charge in [0.15, 0.2) is 5.82 Å². The molecule has 1 aromatic carbocycles. The number of hydrogen-bond donors (Lipinski definition) is 2. The summed E-state index contributed by atoms with van der Waals surface area (Å²) < 4.78 is 1.59. The van der Waals surface area contributed by atoms with Crippen molar-refractivity contribution in [1.29, 1.82) is 0 Å². The Labute approximate surface area is 161 Å². The van der Waals surface area contributed by atoms with Crippen molar-refractivity contribution in [2.75, 3.05) is 13.1 Å². The van der Waals surface area contributed by atoms with Crippen LogP contribution < -0.4 is 5.32 Å². The van der Waals surface area contributed by atoms with Crippen molar-refractivity contribution < 1.29 is 9.59 Å². The topological polar surface area (TPSA) is 109 Å². The Morgan fingerprint density at radius 3 is 2.61 bits per heavy atom. The molecular weight excluding hydrogens is 358 g/mol.